The van der Waals surface area contributed by atoms with E-state index < -0.39 is 0 Å². The molecule has 0 saturated carbocycles. The maximum absolute atomic E-state index is 11.4. The zero-order valence-electron chi connectivity index (χ0n) is 44.7. The number of aromatic nitrogens is 3. The molecule has 0 aliphatic rings. The molecule has 0 saturated heterocycles. The van der Waals surface area contributed by atoms with Gasteiger partial charge in [0, 0.05) is 55.2 Å². The molecule has 0 unspecified atom stereocenters. The number of nitrogens with zero attached hydrogens (tertiary/aromatic N) is 4. The average molecular weight is 1040 g/mol. The number of rotatable bonds is 10. The van der Waals surface area contributed by atoms with Crippen LogP contribution in [0.1, 0.15) is 5.56 Å². The first-order valence-corrected chi connectivity index (χ1v) is 27.8. The van der Waals surface area contributed by atoms with Crippen LogP contribution in [0.15, 0.2) is 303 Å². The molecule has 15 aromatic rings. The zero-order valence-corrected chi connectivity index (χ0v) is 44.7. The maximum Gasteiger partial charge on any atom is 0.100 e. The van der Waals surface area contributed by atoms with Gasteiger partial charge in [-0.2, -0.15) is 5.26 Å². The van der Waals surface area contributed by atoms with Gasteiger partial charge in [0.1, 0.15) is 6.07 Å². The lowest BCUT2D eigenvalue weighted by Gasteiger charge is -2.16. The summed E-state index contributed by atoms with van der Waals surface area (Å²) in [5, 5.41) is 16.1. The van der Waals surface area contributed by atoms with Gasteiger partial charge in [-0.15, -0.1) is 0 Å². The van der Waals surface area contributed by atoms with Gasteiger partial charge >= 0.3 is 0 Å². The summed E-state index contributed by atoms with van der Waals surface area (Å²) in [5.41, 5.74) is 23.8. The van der Waals surface area contributed by atoms with E-state index in [4.69, 9.17) is 4.98 Å². The summed E-state index contributed by atoms with van der Waals surface area (Å²) < 4.78 is 4.74. The van der Waals surface area contributed by atoms with Crippen molar-refractivity contribution in [3.05, 3.63) is 309 Å². The lowest BCUT2D eigenvalue weighted by Crippen LogP contribution is -1.97. The van der Waals surface area contributed by atoms with Crippen LogP contribution < -0.4 is 0 Å². The molecule has 0 aliphatic heterocycles. The fourth-order valence-corrected chi connectivity index (χ4v) is 12.2. The van der Waals surface area contributed by atoms with Crippen LogP contribution in [0.25, 0.3) is 144 Å². The Bertz CT molecular complexity index is 4460. The fourth-order valence-electron chi connectivity index (χ4n) is 12.2. The van der Waals surface area contributed by atoms with Gasteiger partial charge < -0.3 is 9.13 Å². The first kappa shape index (κ1) is 48.0. The van der Waals surface area contributed by atoms with E-state index in [-0.39, 0.29) is 0 Å². The first-order chi connectivity index (χ1) is 40.6. The Kier molecular flexibility index (Phi) is 11.9. The molecule has 0 spiro atoms. The third-order valence-electron chi connectivity index (χ3n) is 16.2. The predicted molar refractivity (Wildman–Crippen MR) is 341 cm³/mol. The molecule has 3 heterocycles. The Morgan fingerprint density at radius 1 is 0.244 bits per heavy atom. The summed E-state index contributed by atoms with van der Waals surface area (Å²) in [5.74, 6) is 0. The van der Waals surface area contributed by atoms with Gasteiger partial charge in [0.05, 0.1) is 39.0 Å². The van der Waals surface area contributed by atoms with Crippen molar-refractivity contribution in [1.29, 1.82) is 5.26 Å². The van der Waals surface area contributed by atoms with Crippen molar-refractivity contribution in [3.63, 3.8) is 0 Å². The topological polar surface area (TPSA) is 46.5 Å². The predicted octanol–water partition coefficient (Wildman–Crippen LogP) is 20.5. The summed E-state index contributed by atoms with van der Waals surface area (Å²) in [4.78, 5) is 5.26. The molecule has 0 amide bonds. The highest BCUT2D eigenvalue weighted by molar-refractivity contribution is 6.13. The second kappa shape index (κ2) is 20.3. The third kappa shape index (κ3) is 8.53. The molecule has 3 aromatic heterocycles. The van der Waals surface area contributed by atoms with Gasteiger partial charge in [-0.3, -0.25) is 0 Å². The SMILES string of the molecule is N#Cc1c(-c2ccc(-n3c4ccc(-c5ccccc5)cc4c4cc(-c5ccccc5)ccc43)cc2)cc(-c2cccc(-c3ccccc3)n2)cc1-c1ccc(-n2c3ccc(-c4ccccc4)cc3c3cc(-c4ccccc4)ccc32)cc1. The van der Waals surface area contributed by atoms with E-state index in [1.165, 1.54) is 66.1 Å². The highest BCUT2D eigenvalue weighted by atomic mass is 15.0. The minimum absolute atomic E-state index is 0.598. The molecule has 15 rings (SSSR count). The maximum atomic E-state index is 11.4. The Morgan fingerprint density at radius 2 is 0.537 bits per heavy atom. The summed E-state index contributed by atoms with van der Waals surface area (Å²) in [6.45, 7) is 0. The molecule has 0 atom stereocenters. The van der Waals surface area contributed by atoms with Crippen LogP contribution in [0.3, 0.4) is 0 Å². The Labute approximate surface area is 476 Å². The van der Waals surface area contributed by atoms with E-state index in [2.05, 4.69) is 300 Å². The molecule has 0 N–H and O–H groups in total. The Hall–Kier alpha value is -11.1. The van der Waals surface area contributed by atoms with Crippen molar-refractivity contribution in [2.24, 2.45) is 0 Å². The Balaban J connectivity index is 0.867. The van der Waals surface area contributed by atoms with E-state index >= 15 is 0 Å². The van der Waals surface area contributed by atoms with E-state index in [9.17, 15) is 5.26 Å². The lowest BCUT2D eigenvalue weighted by atomic mass is 9.89. The van der Waals surface area contributed by atoms with Crippen LogP contribution >= 0.6 is 0 Å². The van der Waals surface area contributed by atoms with Crippen LogP contribution in [0.5, 0.6) is 0 Å². The van der Waals surface area contributed by atoms with Gasteiger partial charge in [-0.05, 0) is 153 Å². The van der Waals surface area contributed by atoms with Crippen molar-refractivity contribution in [2.75, 3.05) is 0 Å². The van der Waals surface area contributed by atoms with Gasteiger partial charge in [0.15, 0.2) is 0 Å². The number of fused-ring (bicyclic) bond motifs is 6. The minimum atomic E-state index is 0.598. The normalized spacial score (nSPS) is 11.4. The monoisotopic (exact) mass is 1040 g/mol. The summed E-state index contributed by atoms with van der Waals surface area (Å²) in [7, 11) is 0. The van der Waals surface area contributed by atoms with Crippen LogP contribution in [0.4, 0.5) is 0 Å². The van der Waals surface area contributed by atoms with E-state index in [1.807, 2.05) is 18.2 Å². The minimum Gasteiger partial charge on any atom is -0.309 e. The Morgan fingerprint density at radius 3 is 0.854 bits per heavy atom. The molecule has 12 aromatic carbocycles. The quantitative estimate of drug-likeness (QED) is 0.137. The molecular weight excluding hydrogens is 993 g/mol. The summed E-state index contributed by atoms with van der Waals surface area (Å²) in [6.07, 6.45) is 0. The van der Waals surface area contributed by atoms with Gasteiger partial charge in [0.25, 0.3) is 0 Å². The average Bonchev–Trinajstić information content (AvgIpc) is 4.30. The molecular formula is C78H50N4. The van der Waals surface area contributed by atoms with Gasteiger partial charge in [0.2, 0.25) is 0 Å². The van der Waals surface area contributed by atoms with Crippen LogP contribution in [-0.2, 0) is 0 Å². The number of hydrogen-bond donors (Lipinski definition) is 0. The van der Waals surface area contributed by atoms with Crippen LogP contribution in [0.2, 0.25) is 0 Å². The molecule has 4 nitrogen and oxygen atoms in total. The molecule has 0 radical (unpaired) electrons. The van der Waals surface area contributed by atoms with Crippen molar-refractivity contribution in [3.8, 4) is 107 Å². The summed E-state index contributed by atoms with van der Waals surface area (Å²) in [6, 6.07) is 111. The van der Waals surface area contributed by atoms with Crippen molar-refractivity contribution >= 4 is 43.6 Å². The zero-order chi connectivity index (χ0) is 54.5. The number of nitriles is 1. The van der Waals surface area contributed by atoms with E-state index in [1.54, 1.807) is 0 Å². The third-order valence-corrected chi connectivity index (χ3v) is 16.2. The second-order valence-corrected chi connectivity index (χ2v) is 21.0. The molecule has 0 aliphatic carbocycles. The highest BCUT2D eigenvalue weighted by Crippen LogP contribution is 2.42. The molecule has 382 valence electrons. The summed E-state index contributed by atoms with van der Waals surface area (Å²) >= 11 is 0. The lowest BCUT2D eigenvalue weighted by molar-refractivity contribution is 1.18. The first-order valence-electron chi connectivity index (χ1n) is 27.8. The smallest absolute Gasteiger partial charge is 0.100 e. The van der Waals surface area contributed by atoms with Crippen molar-refractivity contribution in [1.82, 2.24) is 14.1 Å². The number of pyridine rings is 1. The molecule has 4 heteroatoms. The number of hydrogen-bond acceptors (Lipinski definition) is 2. The van der Waals surface area contributed by atoms with E-state index in [0.717, 1.165) is 78.2 Å². The molecule has 0 bridgehead atoms. The van der Waals surface area contributed by atoms with Crippen LogP contribution in [-0.4, -0.2) is 14.1 Å². The fraction of sp³-hybridized carbons (Fsp3) is 0. The largest absolute Gasteiger partial charge is 0.309 e. The number of benzene rings is 12. The molecule has 0 fully saturated rings. The second-order valence-electron chi connectivity index (χ2n) is 21.0. The van der Waals surface area contributed by atoms with E-state index in [0.29, 0.717) is 5.56 Å². The standard InChI is InChI=1S/C78H50N4/c79-51-72-66(56-29-37-64(38-30-56)81-75-41-33-59(52-17-6-1-7-18-52)45-68(75)69-46-60(34-42-76(69)81)53-19-8-2-9-20-53)49-63(74-28-16-27-73(80-74)58-25-14-5-15-26-58)50-67(72)57-31-39-65(40-32-57)82-77-43-35-61(54-21-10-3-11-22-54)47-70(77)71-48-62(36-44-78(71)82)55-23-12-4-13-24-55/h1-50H. The van der Waals surface area contributed by atoms with Gasteiger partial charge in [-0.25, -0.2) is 4.98 Å². The molecule has 82 heavy (non-hydrogen) atoms. The van der Waals surface area contributed by atoms with Crippen molar-refractivity contribution in [2.45, 2.75) is 0 Å². The van der Waals surface area contributed by atoms with Gasteiger partial charge in [-0.1, -0.05) is 206 Å². The highest BCUT2D eigenvalue weighted by Gasteiger charge is 2.21. The van der Waals surface area contributed by atoms with Crippen LogP contribution in [0, 0.1) is 11.3 Å². The van der Waals surface area contributed by atoms with Crippen molar-refractivity contribution < 1.29 is 0 Å².